The first-order chi connectivity index (χ1) is 12.3. The zero-order chi connectivity index (χ0) is 17.5. The van der Waals surface area contributed by atoms with E-state index in [4.69, 9.17) is 10.00 Å². The predicted octanol–water partition coefficient (Wildman–Crippen LogP) is 3.74. The second-order valence-corrected chi connectivity index (χ2v) is 6.14. The lowest BCUT2D eigenvalue weighted by Crippen LogP contribution is -2.00. The molecular formula is C19H15N3O2S. The summed E-state index contributed by atoms with van der Waals surface area (Å²) in [4.78, 5) is 12.6. The largest absolute Gasteiger partial charge is 0.447 e. The molecule has 0 saturated carbocycles. The molecule has 0 amide bonds. The number of esters is 1. The maximum absolute atomic E-state index is 11.6. The Kier molecular flexibility index (Phi) is 5.39. The molecule has 5 nitrogen and oxygen atoms in total. The molecule has 0 fully saturated rings. The Hall–Kier alpha value is -3.17. The third kappa shape index (κ3) is 4.43. The summed E-state index contributed by atoms with van der Waals surface area (Å²) in [5, 5.41) is 15.1. The summed E-state index contributed by atoms with van der Waals surface area (Å²) in [6.45, 7) is 0.389. The molecule has 3 aromatic rings. The molecule has 2 aromatic heterocycles. The molecule has 25 heavy (non-hydrogen) atoms. The molecule has 0 bridgehead atoms. The minimum Gasteiger partial charge on any atom is -0.447 e. The SMILES string of the molecule is N#CCOC(=O)C=Cc1cn(Cc2ccccc2)nc1-c1cccs1. The minimum absolute atomic E-state index is 0.256. The van der Waals surface area contributed by atoms with Gasteiger partial charge in [-0.2, -0.15) is 10.4 Å². The van der Waals surface area contributed by atoms with Gasteiger partial charge in [0, 0.05) is 17.8 Å². The van der Waals surface area contributed by atoms with E-state index in [1.165, 1.54) is 6.08 Å². The second kappa shape index (κ2) is 8.08. The Morgan fingerprint density at radius 3 is 2.84 bits per heavy atom. The van der Waals surface area contributed by atoms with Crippen molar-refractivity contribution in [2.75, 3.05) is 6.61 Å². The average molecular weight is 349 g/mol. The van der Waals surface area contributed by atoms with Crippen LogP contribution in [0.15, 0.2) is 60.1 Å². The molecule has 3 rings (SSSR count). The third-order valence-electron chi connectivity index (χ3n) is 3.41. The number of rotatable bonds is 6. The number of hydrogen-bond acceptors (Lipinski definition) is 5. The first kappa shape index (κ1) is 16.7. The zero-order valence-electron chi connectivity index (χ0n) is 13.3. The molecule has 0 aliphatic heterocycles. The maximum atomic E-state index is 11.6. The van der Waals surface area contributed by atoms with Crippen molar-refractivity contribution in [1.82, 2.24) is 9.78 Å². The lowest BCUT2D eigenvalue weighted by atomic mass is 10.2. The summed E-state index contributed by atoms with van der Waals surface area (Å²) in [5.74, 6) is -0.547. The Labute approximate surface area is 149 Å². The van der Waals surface area contributed by atoms with Gasteiger partial charge in [0.1, 0.15) is 11.8 Å². The Morgan fingerprint density at radius 2 is 2.12 bits per heavy atom. The topological polar surface area (TPSA) is 67.9 Å². The van der Waals surface area contributed by atoms with Crippen LogP contribution in [0.25, 0.3) is 16.6 Å². The van der Waals surface area contributed by atoms with E-state index < -0.39 is 5.97 Å². The predicted molar refractivity (Wildman–Crippen MR) is 96.7 cm³/mol. The van der Waals surface area contributed by atoms with E-state index in [-0.39, 0.29) is 6.61 Å². The lowest BCUT2D eigenvalue weighted by Gasteiger charge is -2.00. The van der Waals surface area contributed by atoms with Crippen molar-refractivity contribution in [3.8, 4) is 16.6 Å². The highest BCUT2D eigenvalue weighted by Gasteiger charge is 2.11. The minimum atomic E-state index is -0.547. The van der Waals surface area contributed by atoms with E-state index in [2.05, 4.69) is 5.10 Å². The van der Waals surface area contributed by atoms with Crippen molar-refractivity contribution in [2.24, 2.45) is 0 Å². The van der Waals surface area contributed by atoms with Crippen molar-refractivity contribution in [1.29, 1.82) is 5.26 Å². The van der Waals surface area contributed by atoms with E-state index in [1.54, 1.807) is 23.5 Å². The highest BCUT2D eigenvalue weighted by atomic mass is 32.1. The van der Waals surface area contributed by atoms with Gasteiger partial charge in [0.05, 0.1) is 11.4 Å². The van der Waals surface area contributed by atoms with Crippen molar-refractivity contribution in [2.45, 2.75) is 6.54 Å². The average Bonchev–Trinajstić information content (AvgIpc) is 3.28. The fourth-order valence-electron chi connectivity index (χ4n) is 2.32. The number of aromatic nitrogens is 2. The summed E-state index contributed by atoms with van der Waals surface area (Å²) in [6.07, 6.45) is 4.89. The number of benzene rings is 1. The van der Waals surface area contributed by atoms with Crippen LogP contribution in [0, 0.1) is 11.3 Å². The van der Waals surface area contributed by atoms with Crippen LogP contribution in [0.4, 0.5) is 0 Å². The smallest absolute Gasteiger partial charge is 0.331 e. The van der Waals surface area contributed by atoms with Gasteiger partial charge in [0.25, 0.3) is 0 Å². The standard InChI is InChI=1S/C19H15N3O2S/c20-10-11-24-18(23)9-8-16-14-22(13-15-5-2-1-3-6-15)21-19(16)17-7-4-12-25-17/h1-9,12,14H,11,13H2. The van der Waals surface area contributed by atoms with Crippen LogP contribution in [-0.4, -0.2) is 22.4 Å². The fourth-order valence-corrected chi connectivity index (χ4v) is 3.06. The number of hydrogen-bond donors (Lipinski definition) is 0. The van der Waals surface area contributed by atoms with Gasteiger partial charge in [0.15, 0.2) is 6.61 Å². The number of carbonyl (C=O) groups excluding carboxylic acids is 1. The van der Waals surface area contributed by atoms with E-state index in [9.17, 15) is 4.79 Å². The zero-order valence-corrected chi connectivity index (χ0v) is 14.1. The summed E-state index contributed by atoms with van der Waals surface area (Å²) >= 11 is 1.59. The highest BCUT2D eigenvalue weighted by Crippen LogP contribution is 2.27. The number of thiophene rings is 1. The lowest BCUT2D eigenvalue weighted by molar-refractivity contribution is -0.136. The van der Waals surface area contributed by atoms with E-state index >= 15 is 0 Å². The number of ether oxygens (including phenoxy) is 1. The van der Waals surface area contributed by atoms with Crippen LogP contribution in [0.3, 0.4) is 0 Å². The monoisotopic (exact) mass is 349 g/mol. The van der Waals surface area contributed by atoms with Gasteiger partial charge in [0.2, 0.25) is 0 Å². The first-order valence-electron chi connectivity index (χ1n) is 7.63. The Balaban J connectivity index is 1.86. The van der Waals surface area contributed by atoms with Crippen molar-refractivity contribution < 1.29 is 9.53 Å². The van der Waals surface area contributed by atoms with Crippen LogP contribution in [0.5, 0.6) is 0 Å². The van der Waals surface area contributed by atoms with E-state index in [0.29, 0.717) is 6.54 Å². The van der Waals surface area contributed by atoms with Crippen LogP contribution >= 0.6 is 11.3 Å². The van der Waals surface area contributed by atoms with Gasteiger partial charge in [-0.15, -0.1) is 11.3 Å². The number of carbonyl (C=O) groups is 1. The molecule has 124 valence electrons. The number of nitriles is 1. The summed E-state index contributed by atoms with van der Waals surface area (Å²) in [7, 11) is 0. The summed E-state index contributed by atoms with van der Waals surface area (Å²) < 4.78 is 6.59. The van der Waals surface area contributed by atoms with Crippen LogP contribution in [0.1, 0.15) is 11.1 Å². The quantitative estimate of drug-likeness (QED) is 0.502. The third-order valence-corrected chi connectivity index (χ3v) is 4.29. The normalized spacial score (nSPS) is 10.7. The second-order valence-electron chi connectivity index (χ2n) is 5.19. The molecule has 1 aromatic carbocycles. The molecule has 0 radical (unpaired) electrons. The molecule has 0 unspecified atom stereocenters. The molecule has 0 atom stereocenters. The molecule has 6 heteroatoms. The van der Waals surface area contributed by atoms with Gasteiger partial charge in [-0.3, -0.25) is 4.68 Å². The van der Waals surface area contributed by atoms with Gasteiger partial charge in [-0.25, -0.2) is 4.79 Å². The summed E-state index contributed by atoms with van der Waals surface area (Å²) in [5.41, 5.74) is 2.79. The Bertz CT molecular complexity index is 906. The van der Waals surface area contributed by atoms with Crippen molar-refractivity contribution in [3.63, 3.8) is 0 Å². The molecule has 0 aliphatic carbocycles. The van der Waals surface area contributed by atoms with Crippen LogP contribution in [-0.2, 0) is 16.1 Å². The molecule has 0 spiro atoms. The maximum Gasteiger partial charge on any atom is 0.331 e. The number of nitrogens with zero attached hydrogens (tertiary/aromatic N) is 3. The first-order valence-corrected chi connectivity index (χ1v) is 8.51. The summed E-state index contributed by atoms with van der Waals surface area (Å²) in [6, 6.07) is 15.8. The van der Waals surface area contributed by atoms with Gasteiger partial charge in [-0.05, 0) is 23.1 Å². The van der Waals surface area contributed by atoms with Gasteiger partial charge in [-0.1, -0.05) is 36.4 Å². The molecule has 2 heterocycles. The van der Waals surface area contributed by atoms with E-state index in [0.717, 1.165) is 21.7 Å². The van der Waals surface area contributed by atoms with Crippen LogP contribution < -0.4 is 0 Å². The van der Waals surface area contributed by atoms with Gasteiger partial charge >= 0.3 is 5.97 Å². The van der Waals surface area contributed by atoms with E-state index in [1.807, 2.05) is 58.7 Å². The molecule has 0 aliphatic rings. The fraction of sp³-hybridized carbons (Fsp3) is 0.105. The van der Waals surface area contributed by atoms with Crippen molar-refractivity contribution in [3.05, 3.63) is 71.2 Å². The molecule has 0 N–H and O–H groups in total. The van der Waals surface area contributed by atoms with Crippen LogP contribution in [0.2, 0.25) is 0 Å². The molecular weight excluding hydrogens is 334 g/mol. The highest BCUT2D eigenvalue weighted by molar-refractivity contribution is 7.13. The Morgan fingerprint density at radius 1 is 1.28 bits per heavy atom. The van der Waals surface area contributed by atoms with Crippen molar-refractivity contribution >= 4 is 23.4 Å². The van der Waals surface area contributed by atoms with Gasteiger partial charge < -0.3 is 4.74 Å². The molecule has 0 saturated heterocycles.